The van der Waals surface area contributed by atoms with E-state index in [1.165, 1.54) is 25.3 Å². The highest BCUT2D eigenvalue weighted by Gasteiger charge is 2.71. The number of benzene rings is 1. The number of H-pyrrole nitrogens is 4. The molecule has 13 rings (SSSR count). The number of halogens is 5. The largest absolute Gasteiger partial charge is 0.453 e. The molecule has 4 aromatic heterocycles. The number of nitrogens with zero attached hydrogens (tertiary/aromatic N) is 5. The zero-order valence-electron chi connectivity index (χ0n) is 74.1. The Bertz CT molecular complexity index is 5450. The minimum atomic E-state index is -3.26. The van der Waals surface area contributed by atoms with E-state index in [-0.39, 0.29) is 49.9 Å². The third-order valence-electron chi connectivity index (χ3n) is 23.8. The van der Waals surface area contributed by atoms with Crippen molar-refractivity contribution in [2.75, 3.05) is 33.0 Å². The zero-order valence-corrected chi connectivity index (χ0v) is 78.1. The Hall–Kier alpha value is -8.72. The van der Waals surface area contributed by atoms with Gasteiger partial charge >= 0.3 is 63.0 Å². The summed E-state index contributed by atoms with van der Waals surface area (Å²) >= 11 is 0. The normalized spacial score (nSPS) is 32.5. The van der Waals surface area contributed by atoms with Crippen molar-refractivity contribution in [2.45, 2.75) is 277 Å². The van der Waals surface area contributed by atoms with Crippen LogP contribution in [-0.2, 0) is 68.7 Å². The third-order valence-corrected chi connectivity index (χ3v) is 44.2. The average Bonchev–Trinajstić information content (AvgIpc) is 1.46. The number of rotatable bonds is 18. The summed E-state index contributed by atoms with van der Waals surface area (Å²) in [5.41, 5.74) is -8.71. The Morgan fingerprint density at radius 2 is 0.915 bits per heavy atom. The first-order chi connectivity index (χ1) is 60.4. The molecule has 50 heteroatoms. The molecule has 5 aromatic rings. The Kier molecular flexibility index (Phi) is 32.5. The minimum Gasteiger partial charge on any atom is -0.453 e. The van der Waals surface area contributed by atoms with Gasteiger partial charge in [-0.1, -0.05) is 142 Å². The summed E-state index contributed by atoms with van der Waals surface area (Å²) in [6.07, 6.45) is -8.43. The van der Waals surface area contributed by atoms with Crippen molar-refractivity contribution < 1.29 is 136 Å². The Labute approximate surface area is 742 Å². The fourth-order valence-electron chi connectivity index (χ4n) is 16.5. The number of aliphatic hydroxyl groups is 8. The molecule has 8 aliphatic heterocycles. The zero-order chi connectivity index (χ0) is 97.4. The maximum absolute atomic E-state index is 16.5. The second-order valence-electron chi connectivity index (χ2n) is 34.9. The van der Waals surface area contributed by atoms with E-state index >= 15 is 8.78 Å². The van der Waals surface area contributed by atoms with Gasteiger partial charge in [0, 0.05) is 55.3 Å². The smallest absolute Gasteiger partial charge is 0.338 e. The molecular weight excluding hydrogens is 1810 g/mol. The van der Waals surface area contributed by atoms with Crippen molar-refractivity contribution in [1.29, 1.82) is 0 Å². The van der Waals surface area contributed by atoms with Gasteiger partial charge in [0.15, 0.2) is 49.0 Å². The minimum absolute atomic E-state index is 0.00886. The van der Waals surface area contributed by atoms with Crippen LogP contribution in [0.2, 0.25) is 44.3 Å². The molecule has 720 valence electrons. The van der Waals surface area contributed by atoms with Crippen molar-refractivity contribution in [1.82, 2.24) is 43.1 Å². The molecule has 12 heterocycles. The first-order valence-electron chi connectivity index (χ1n) is 41.6. The maximum atomic E-state index is 16.5. The molecule has 7 fully saturated rings. The number of carbonyl (C=O) groups is 4. The number of nitrogens with one attached hydrogen (secondary N) is 4. The molecule has 0 unspecified atom stereocenters. The number of aromatic amines is 4. The molecule has 0 bridgehead atoms. The fraction of sp³-hybridized carbons (Fsp3) is 0.625. The third kappa shape index (κ3) is 20.2. The number of aromatic nitrogens is 8. The van der Waals surface area contributed by atoms with Crippen LogP contribution < -0.4 is 45.0 Å². The van der Waals surface area contributed by atoms with Crippen LogP contribution in [0.5, 0.6) is 0 Å². The topological polar surface area (TPSA) is 564 Å². The van der Waals surface area contributed by atoms with Crippen LogP contribution in [0, 0.1) is 18.3 Å². The van der Waals surface area contributed by atoms with Gasteiger partial charge in [-0.05, 0) is 62.5 Å². The van der Waals surface area contributed by atoms with Crippen LogP contribution in [-0.4, -0.2) is 259 Å². The first-order valence-corrected chi connectivity index (χ1v) is 49.5. The van der Waals surface area contributed by atoms with Gasteiger partial charge in [0.05, 0.1) is 31.1 Å². The fourth-order valence-corrected chi connectivity index (χ4v) is 38.8. The number of Topliss-reactive ketones (excluding diaryl/α,β-unsaturated/α-hetero) is 1. The van der Waals surface area contributed by atoms with Crippen LogP contribution >= 0.6 is 0 Å². The van der Waals surface area contributed by atoms with Crippen molar-refractivity contribution in [2.24, 2.45) is 5.92 Å². The van der Waals surface area contributed by atoms with Gasteiger partial charge < -0.3 is 95.2 Å². The maximum Gasteiger partial charge on any atom is 0.338 e. The summed E-state index contributed by atoms with van der Waals surface area (Å²) in [5.74, 6) is -15.5. The number of carbonyl (C=O) groups excluding carboxylic acids is 4. The lowest BCUT2D eigenvalue weighted by Crippen LogP contribution is -2.67. The molecule has 0 radical (unpaired) electrons. The number of alkyl halides is 5. The monoisotopic (exact) mass is 1920 g/mol. The van der Waals surface area contributed by atoms with E-state index in [0.717, 1.165) is 73.7 Å². The van der Waals surface area contributed by atoms with Crippen LogP contribution in [0.3, 0.4) is 0 Å². The lowest BCUT2D eigenvalue weighted by Gasteiger charge is -2.52. The number of fused-ring (bicyclic) bond motifs is 2. The number of esters is 1. The quantitative estimate of drug-likeness (QED) is 0.0197. The number of amides is 1. The van der Waals surface area contributed by atoms with Gasteiger partial charge in [0.1, 0.15) is 44.2 Å². The number of terminal acetylenes is 1. The Morgan fingerprint density at radius 1 is 0.515 bits per heavy atom. The van der Waals surface area contributed by atoms with Gasteiger partial charge in [0.25, 0.3) is 45.7 Å². The summed E-state index contributed by atoms with van der Waals surface area (Å²) in [7, 11) is -12.5. The number of ketones is 2. The molecular formula is C80H112F5N9O32Si4. The second kappa shape index (κ2) is 40.2. The molecule has 8 aliphatic rings. The molecule has 1 aromatic carbocycles. The van der Waals surface area contributed by atoms with E-state index in [1.54, 1.807) is 24.1 Å². The first kappa shape index (κ1) is 105. The molecule has 41 nitrogen and oxygen atoms in total. The lowest BCUT2D eigenvalue weighted by molar-refractivity contribution is -0.212. The van der Waals surface area contributed by atoms with Crippen molar-refractivity contribution in [3.8, 4) is 12.3 Å². The van der Waals surface area contributed by atoms with Crippen LogP contribution in [0.1, 0.15) is 159 Å². The molecule has 1 amide bonds. The summed E-state index contributed by atoms with van der Waals surface area (Å²) in [4.78, 5) is 151. The van der Waals surface area contributed by atoms with E-state index < -0.39 is 257 Å². The predicted molar refractivity (Wildman–Crippen MR) is 452 cm³/mol. The van der Waals surface area contributed by atoms with Crippen LogP contribution in [0.15, 0.2) is 130 Å². The number of hydrogen-bond donors (Lipinski definition) is 12. The highest BCUT2D eigenvalue weighted by Crippen LogP contribution is 2.54. The highest BCUT2D eigenvalue weighted by atomic mass is 28.5. The molecule has 0 aliphatic carbocycles. The summed E-state index contributed by atoms with van der Waals surface area (Å²) in [5, 5.41) is 77.1. The van der Waals surface area contributed by atoms with Gasteiger partial charge in [-0.2, -0.15) is 0 Å². The van der Waals surface area contributed by atoms with Crippen LogP contribution in [0.4, 0.5) is 22.0 Å². The van der Waals surface area contributed by atoms with Gasteiger partial charge in [-0.3, -0.25) is 76.7 Å². The second-order valence-corrected chi connectivity index (χ2v) is 52.6. The molecule has 12 N–H and O–H groups in total. The lowest BCUT2D eigenvalue weighted by atomic mass is 9.93. The molecule has 0 saturated carbocycles. The van der Waals surface area contributed by atoms with Gasteiger partial charge in [-0.25, -0.2) is 45.9 Å². The number of ether oxygens (including phenoxy) is 6. The number of hydrogen-bond acceptors (Lipinski definition) is 32. The SMILES string of the molecule is C#C[C@]1(O)[C@H](N2C=CC(=O)CC2=O)O[C@](F)(CO)[C@H]1O.CC(C)[Si]1(C(C)C)OC[C@@]2(F)O[C@@H](n3ccc(=O)[nH]c3=O)C(=O)[C@@H]2O[Si](C(C)C)(C(C)C)O1.CC(C)[Si]1(C(C)C)OC[C@@]2(F)O[C@@H](n3ccc(=O)[nH]c3=O)[C@H](O)[C@@H]2O[Si](C(C)C)(C(C)C)O1.C[C@H]1[C@@H](OC(=O)c2ccccc2)[C@H](n2ccc(=O)[nH]c2=O)O[C@]1(F)CO.O=c1ccn([C@@H]2O[C@](F)(CO)[C@@H](O)[C@H]2O)c(=O)[nH]1. The summed E-state index contributed by atoms with van der Waals surface area (Å²) in [6, 6.07) is 12.3. The van der Waals surface area contributed by atoms with E-state index in [1.807, 2.05) is 121 Å². The number of aliphatic hydroxyl groups excluding tert-OH is 7. The van der Waals surface area contributed by atoms with E-state index in [2.05, 4.69) is 14.7 Å². The molecule has 19 atom stereocenters. The Morgan fingerprint density at radius 3 is 1.32 bits per heavy atom. The van der Waals surface area contributed by atoms with E-state index in [9.17, 15) is 101 Å². The molecule has 130 heavy (non-hydrogen) atoms. The predicted octanol–water partition coefficient (Wildman–Crippen LogP) is 2.38. The average molecular weight is 1920 g/mol. The van der Waals surface area contributed by atoms with E-state index in [4.69, 9.17) is 66.3 Å². The van der Waals surface area contributed by atoms with Crippen molar-refractivity contribution in [3.05, 3.63) is 181 Å². The van der Waals surface area contributed by atoms with Crippen molar-refractivity contribution >= 4 is 57.7 Å². The van der Waals surface area contributed by atoms with Gasteiger partial charge in [-0.15, -0.1) is 6.42 Å². The number of allylic oxidation sites excluding steroid dienone is 1. The van der Waals surface area contributed by atoms with Crippen molar-refractivity contribution in [3.63, 3.8) is 0 Å². The van der Waals surface area contributed by atoms with E-state index in [0.29, 0.717) is 4.57 Å². The molecule has 0 spiro atoms. The Balaban J connectivity index is 0.000000186. The van der Waals surface area contributed by atoms with Gasteiger partial charge in [0.2, 0.25) is 29.4 Å². The standard InChI is InChI=1S/C21H37FN2O7Si2.C21H35FN2O7Si2.C17H17FN2O6.C12H12FNO6.C9H11FN2O6/c2*1-12(2)32(13(3)4)28-11-21(22)18(30-33(31-32,14(5)6)15(7)8)17(26)19(29-21)24-10-9-16(25)23-20(24)27;1-10-13(25-15(23)11-5-3-2-4-6-11)14(26-17(10,18)9-21)20-8-7-12(22)19-16(20)24;1-2-11(19)9(18)12(13,6-15)20-10(11)14-4-3-7(16)5-8(14)17;10-9(3-13)6(16)5(15)7(18-9)12-2-1-4(14)11-8(12)17/h9-10,12-15,17-19,26H,11H2,1-8H3,(H,23,25,27);9-10,12-15,18-19H,11H2,1-8H3,(H,23,25,27);2-8,10,13-14,21H,9H2,1H3,(H,19,22,24);1,3-4,9-10,15,18-19H,5-6H2;1-2,5-7,13,15-16H,3H2,(H,11,14,17)/t17-,18+,19-,21-;18-,19+,21+;10-,13+,14+,17+;9-,10+,11+,12+;5-,6+,7-,9-/m10001/s1. The van der Waals surface area contributed by atoms with Crippen LogP contribution in [0.25, 0.3) is 0 Å². The molecule has 7 saturated heterocycles. The summed E-state index contributed by atoms with van der Waals surface area (Å²) < 4.78 is 150. The summed E-state index contributed by atoms with van der Waals surface area (Å²) in [6.45, 7) is 28.8. The highest BCUT2D eigenvalue weighted by molar-refractivity contribution is 6.84.